The molecule has 3 rings (SSSR count). The Balaban J connectivity index is 2.09. The minimum absolute atomic E-state index is 0.0386. The van der Waals surface area contributed by atoms with Gasteiger partial charge >= 0.3 is 5.69 Å². The van der Waals surface area contributed by atoms with E-state index in [1.165, 1.54) is 16.6 Å². The third-order valence-electron chi connectivity index (χ3n) is 4.06. The molecule has 9 nitrogen and oxygen atoms in total. The Hall–Kier alpha value is -2.04. The summed E-state index contributed by atoms with van der Waals surface area (Å²) >= 11 is 0. The molecule has 1 atom stereocenters. The van der Waals surface area contributed by atoms with E-state index in [0.29, 0.717) is 19.5 Å². The van der Waals surface area contributed by atoms with Crippen LogP contribution in [0.1, 0.15) is 19.8 Å². The van der Waals surface area contributed by atoms with Crippen LogP contribution in [0, 0.1) is 0 Å². The summed E-state index contributed by atoms with van der Waals surface area (Å²) < 4.78 is 27.5. The number of hydrogen-bond acceptors (Lipinski definition) is 6. The number of rotatable bonds is 5. The van der Waals surface area contributed by atoms with E-state index in [0.717, 1.165) is 13.0 Å². The van der Waals surface area contributed by atoms with Crippen molar-refractivity contribution >= 4 is 21.1 Å². The number of aromatic nitrogens is 3. The van der Waals surface area contributed by atoms with Crippen molar-refractivity contribution in [3.63, 3.8) is 0 Å². The smallest absolute Gasteiger partial charge is 0.315 e. The Bertz CT molecular complexity index is 959. The summed E-state index contributed by atoms with van der Waals surface area (Å²) in [6.07, 6.45) is 2.61. The number of aromatic amines is 2. The fourth-order valence-electron chi connectivity index (χ4n) is 2.91. The van der Waals surface area contributed by atoms with Crippen LogP contribution < -0.4 is 16.6 Å². The molecule has 10 heteroatoms. The lowest BCUT2D eigenvalue weighted by atomic mass is 10.2. The first-order valence-corrected chi connectivity index (χ1v) is 9.22. The molecule has 130 valence electrons. The lowest BCUT2D eigenvalue weighted by molar-refractivity contribution is 0.335. The number of sulfonamides is 1. The van der Waals surface area contributed by atoms with E-state index in [1.54, 1.807) is 0 Å². The summed E-state index contributed by atoms with van der Waals surface area (Å²) in [4.78, 5) is 31.5. The molecule has 0 spiro atoms. The topological polar surface area (TPSA) is 128 Å². The lowest BCUT2D eigenvalue weighted by Gasteiger charge is -2.27. The van der Waals surface area contributed by atoms with Crippen LogP contribution in [0.5, 0.6) is 0 Å². The summed E-state index contributed by atoms with van der Waals surface area (Å²) in [5.74, 6) is 0. The molecule has 24 heavy (non-hydrogen) atoms. The molecule has 0 radical (unpaired) electrons. The molecule has 1 unspecified atom stereocenters. The average molecular weight is 353 g/mol. The van der Waals surface area contributed by atoms with E-state index >= 15 is 0 Å². The van der Waals surface area contributed by atoms with E-state index in [1.807, 2.05) is 6.92 Å². The Morgan fingerprint density at radius 3 is 2.79 bits per heavy atom. The predicted octanol–water partition coefficient (Wildman–Crippen LogP) is -0.626. The molecule has 1 fully saturated rings. The summed E-state index contributed by atoms with van der Waals surface area (Å²) in [6, 6.07) is 1.15. The maximum atomic E-state index is 13.0. The molecule has 0 bridgehead atoms. The number of fused-ring (bicyclic) bond motifs is 1. The lowest BCUT2D eigenvalue weighted by Crippen LogP contribution is -2.42. The third-order valence-corrected chi connectivity index (χ3v) is 5.98. The highest BCUT2D eigenvalue weighted by Gasteiger charge is 2.33. The summed E-state index contributed by atoms with van der Waals surface area (Å²) in [5, 5.41) is 3.20. The van der Waals surface area contributed by atoms with Gasteiger partial charge in [0.1, 0.15) is 10.5 Å². The molecule has 2 aromatic rings. The van der Waals surface area contributed by atoms with Gasteiger partial charge in [0.05, 0.1) is 5.39 Å². The van der Waals surface area contributed by atoms with Gasteiger partial charge in [-0.1, -0.05) is 6.92 Å². The van der Waals surface area contributed by atoms with Crippen LogP contribution in [0.25, 0.3) is 11.0 Å². The number of nitrogens with one attached hydrogen (secondary N) is 3. The maximum Gasteiger partial charge on any atom is 0.327 e. The average Bonchev–Trinajstić information content (AvgIpc) is 3.05. The van der Waals surface area contributed by atoms with Crippen molar-refractivity contribution in [2.45, 2.75) is 30.7 Å². The van der Waals surface area contributed by atoms with Crippen LogP contribution in [-0.4, -0.2) is 53.4 Å². The van der Waals surface area contributed by atoms with Crippen LogP contribution in [0.2, 0.25) is 0 Å². The SMILES string of the molecule is CCCN(C1CCNC1)S(=O)(=O)c1cnc2[nH]c(=O)[nH]c(=O)c2c1. The van der Waals surface area contributed by atoms with Crippen LogP contribution >= 0.6 is 0 Å². The van der Waals surface area contributed by atoms with Gasteiger partial charge in [0.25, 0.3) is 5.56 Å². The van der Waals surface area contributed by atoms with Gasteiger partial charge < -0.3 is 5.32 Å². The minimum atomic E-state index is -3.78. The molecule has 3 heterocycles. The number of H-pyrrole nitrogens is 2. The fraction of sp³-hybridized carbons (Fsp3) is 0.500. The highest BCUT2D eigenvalue weighted by Crippen LogP contribution is 2.22. The van der Waals surface area contributed by atoms with Gasteiger partial charge in [0, 0.05) is 25.3 Å². The molecule has 0 aromatic carbocycles. The van der Waals surface area contributed by atoms with Crippen molar-refractivity contribution < 1.29 is 8.42 Å². The number of hydrogen-bond donors (Lipinski definition) is 3. The molecule has 2 aromatic heterocycles. The predicted molar refractivity (Wildman–Crippen MR) is 88.4 cm³/mol. The Morgan fingerprint density at radius 1 is 1.33 bits per heavy atom. The van der Waals surface area contributed by atoms with Crippen molar-refractivity contribution in [1.29, 1.82) is 0 Å². The highest BCUT2D eigenvalue weighted by molar-refractivity contribution is 7.89. The molecule has 0 aliphatic carbocycles. The van der Waals surface area contributed by atoms with Crippen molar-refractivity contribution in [3.8, 4) is 0 Å². The molecule has 3 N–H and O–H groups in total. The Labute approximate surface area is 138 Å². The fourth-order valence-corrected chi connectivity index (χ4v) is 4.63. The molecule has 0 amide bonds. The second-order valence-corrected chi connectivity index (χ2v) is 7.63. The van der Waals surface area contributed by atoms with E-state index in [2.05, 4.69) is 20.3 Å². The molecular weight excluding hydrogens is 334 g/mol. The maximum absolute atomic E-state index is 13.0. The summed E-state index contributed by atoms with van der Waals surface area (Å²) in [7, 11) is -3.78. The van der Waals surface area contributed by atoms with E-state index in [4.69, 9.17) is 0 Å². The second-order valence-electron chi connectivity index (χ2n) is 5.74. The van der Waals surface area contributed by atoms with Crippen molar-refractivity contribution in [1.82, 2.24) is 24.6 Å². The van der Waals surface area contributed by atoms with Gasteiger partial charge in [-0.2, -0.15) is 4.31 Å². The Kier molecular flexibility index (Phi) is 4.52. The van der Waals surface area contributed by atoms with Crippen molar-refractivity contribution in [2.75, 3.05) is 19.6 Å². The quantitative estimate of drug-likeness (QED) is 0.657. The zero-order valence-corrected chi connectivity index (χ0v) is 14.0. The minimum Gasteiger partial charge on any atom is -0.315 e. The molecular formula is C14H19N5O4S. The monoisotopic (exact) mass is 353 g/mol. The largest absolute Gasteiger partial charge is 0.327 e. The van der Waals surface area contributed by atoms with Crippen LogP contribution in [0.15, 0.2) is 26.7 Å². The van der Waals surface area contributed by atoms with Gasteiger partial charge in [-0.05, 0) is 25.5 Å². The molecule has 0 saturated carbocycles. The first kappa shape index (κ1) is 16.8. The van der Waals surface area contributed by atoms with Gasteiger partial charge in [-0.25, -0.2) is 18.2 Å². The summed E-state index contributed by atoms with van der Waals surface area (Å²) in [5.41, 5.74) is -1.28. The third kappa shape index (κ3) is 2.99. The Morgan fingerprint density at radius 2 is 2.12 bits per heavy atom. The van der Waals surface area contributed by atoms with E-state index in [-0.39, 0.29) is 22.0 Å². The second kappa shape index (κ2) is 6.46. The van der Waals surface area contributed by atoms with Crippen molar-refractivity contribution in [2.24, 2.45) is 0 Å². The van der Waals surface area contributed by atoms with Gasteiger partial charge in [0.2, 0.25) is 10.0 Å². The van der Waals surface area contributed by atoms with Gasteiger partial charge in [-0.3, -0.25) is 14.8 Å². The van der Waals surface area contributed by atoms with Crippen LogP contribution in [-0.2, 0) is 10.0 Å². The summed E-state index contributed by atoms with van der Waals surface area (Å²) in [6.45, 7) is 3.69. The first-order chi connectivity index (χ1) is 11.4. The molecule has 1 aliphatic heterocycles. The first-order valence-electron chi connectivity index (χ1n) is 7.78. The zero-order valence-electron chi connectivity index (χ0n) is 13.2. The van der Waals surface area contributed by atoms with Gasteiger partial charge in [-0.15, -0.1) is 0 Å². The molecule has 1 aliphatic rings. The van der Waals surface area contributed by atoms with E-state index < -0.39 is 21.3 Å². The van der Waals surface area contributed by atoms with Crippen molar-refractivity contribution in [3.05, 3.63) is 33.1 Å². The normalized spacial score (nSPS) is 18.5. The molecule has 1 saturated heterocycles. The number of pyridine rings is 1. The zero-order chi connectivity index (χ0) is 17.3. The van der Waals surface area contributed by atoms with Gasteiger partial charge in [0.15, 0.2) is 0 Å². The highest BCUT2D eigenvalue weighted by atomic mass is 32.2. The number of nitrogens with zero attached hydrogens (tertiary/aromatic N) is 2. The van der Waals surface area contributed by atoms with E-state index in [9.17, 15) is 18.0 Å². The van der Waals surface area contributed by atoms with Crippen LogP contribution in [0.4, 0.5) is 0 Å². The van der Waals surface area contributed by atoms with Crippen LogP contribution in [0.3, 0.4) is 0 Å². The standard InChI is InChI=1S/C14H19N5O4S/c1-2-5-19(9-3-4-15-7-9)24(22,23)10-6-11-12(16-8-10)17-14(21)18-13(11)20/h6,8-9,15H,2-5,7H2,1H3,(H2,16,17,18,20,21).